The third-order valence-corrected chi connectivity index (χ3v) is 3.26. The Morgan fingerprint density at radius 3 is 2.65 bits per heavy atom. The number of allylic oxidation sites excluding steroid dienone is 1. The zero-order chi connectivity index (χ0) is 13.9. The summed E-state index contributed by atoms with van der Waals surface area (Å²) >= 11 is 0. The number of aromatic nitrogens is 1. The van der Waals surface area contributed by atoms with Crippen molar-refractivity contribution in [2.45, 2.75) is 12.5 Å². The molecule has 0 fully saturated rings. The van der Waals surface area contributed by atoms with Crippen LogP contribution in [-0.2, 0) is 9.53 Å². The number of carbonyl (C=O) groups is 1. The lowest BCUT2D eigenvalue weighted by atomic mass is 10.1. The van der Waals surface area contributed by atoms with E-state index >= 15 is 0 Å². The van der Waals surface area contributed by atoms with Crippen molar-refractivity contribution in [2.75, 3.05) is 0 Å². The van der Waals surface area contributed by atoms with E-state index in [9.17, 15) is 10.0 Å². The van der Waals surface area contributed by atoms with Gasteiger partial charge in [-0.15, -0.1) is 0 Å². The molecule has 20 heavy (non-hydrogen) atoms. The van der Waals surface area contributed by atoms with Gasteiger partial charge >= 0.3 is 0 Å². The molecule has 0 amide bonds. The summed E-state index contributed by atoms with van der Waals surface area (Å²) in [5, 5.41) is 12.5. The summed E-state index contributed by atoms with van der Waals surface area (Å²) < 4.78 is 6.22. The van der Waals surface area contributed by atoms with Crippen molar-refractivity contribution in [3.05, 3.63) is 71.8 Å². The Balaban J connectivity index is 2.02. The van der Waals surface area contributed by atoms with E-state index in [1.807, 2.05) is 30.3 Å². The van der Waals surface area contributed by atoms with Crippen LogP contribution >= 0.6 is 0 Å². The Labute approximate surface area is 116 Å². The van der Waals surface area contributed by atoms with E-state index < -0.39 is 6.10 Å². The highest BCUT2D eigenvalue weighted by Crippen LogP contribution is 2.24. The van der Waals surface area contributed by atoms with Crippen LogP contribution in [0.2, 0.25) is 0 Å². The minimum Gasteiger partial charge on any atom is -0.618 e. The highest BCUT2D eigenvalue weighted by atomic mass is 16.5. The molecule has 3 rings (SSSR count). The molecule has 0 aliphatic carbocycles. The van der Waals surface area contributed by atoms with E-state index in [1.165, 1.54) is 12.3 Å². The first-order valence-electron chi connectivity index (χ1n) is 6.38. The van der Waals surface area contributed by atoms with Crippen LogP contribution in [0.1, 0.15) is 18.2 Å². The topological polar surface area (TPSA) is 53.2 Å². The Morgan fingerprint density at radius 2 is 1.90 bits per heavy atom. The highest BCUT2D eigenvalue weighted by molar-refractivity contribution is 5.90. The summed E-state index contributed by atoms with van der Waals surface area (Å²) in [6, 6.07) is 14.7. The van der Waals surface area contributed by atoms with E-state index in [0.717, 1.165) is 10.3 Å². The molecule has 100 valence electrons. The second kappa shape index (κ2) is 5.17. The van der Waals surface area contributed by atoms with Gasteiger partial charge in [0.1, 0.15) is 0 Å². The van der Waals surface area contributed by atoms with Gasteiger partial charge in [-0.2, -0.15) is 4.73 Å². The summed E-state index contributed by atoms with van der Waals surface area (Å²) in [6.45, 7) is 0. The van der Waals surface area contributed by atoms with E-state index in [0.29, 0.717) is 11.4 Å². The predicted molar refractivity (Wildman–Crippen MR) is 73.4 cm³/mol. The second-order valence-corrected chi connectivity index (χ2v) is 4.59. The monoisotopic (exact) mass is 267 g/mol. The predicted octanol–water partition coefficient (Wildman–Crippen LogP) is 2.53. The number of ketones is 1. The summed E-state index contributed by atoms with van der Waals surface area (Å²) in [5.41, 5.74) is 1.83. The molecule has 0 bridgehead atoms. The second-order valence-electron chi connectivity index (χ2n) is 4.59. The van der Waals surface area contributed by atoms with Gasteiger partial charge in [0, 0.05) is 23.8 Å². The maximum Gasteiger partial charge on any atom is 0.234 e. The van der Waals surface area contributed by atoms with Gasteiger partial charge in [0.2, 0.25) is 11.4 Å². The molecule has 1 aromatic heterocycles. The third kappa shape index (κ3) is 2.28. The molecular weight excluding hydrogens is 254 g/mol. The van der Waals surface area contributed by atoms with Gasteiger partial charge in [-0.25, -0.2) is 0 Å². The maximum atomic E-state index is 12.5. The minimum atomic E-state index is -0.520. The van der Waals surface area contributed by atoms with Crippen LogP contribution in [0.3, 0.4) is 0 Å². The van der Waals surface area contributed by atoms with E-state index in [4.69, 9.17) is 4.74 Å². The SMILES string of the molecule is O=C1C=CO[C@H](c2cccc(-c3ccccc3)[n+]2[O-])C1. The lowest BCUT2D eigenvalue weighted by Crippen LogP contribution is -2.37. The van der Waals surface area contributed by atoms with E-state index in [-0.39, 0.29) is 12.2 Å². The normalized spacial score (nSPS) is 17.8. The summed E-state index contributed by atoms with van der Waals surface area (Å²) in [5.74, 6) is -0.0358. The highest BCUT2D eigenvalue weighted by Gasteiger charge is 2.27. The lowest BCUT2D eigenvalue weighted by molar-refractivity contribution is -0.607. The molecule has 0 radical (unpaired) electrons. The van der Waals surface area contributed by atoms with Crippen LogP contribution in [0.5, 0.6) is 0 Å². The molecule has 1 atom stereocenters. The van der Waals surface area contributed by atoms with Gasteiger partial charge in [-0.3, -0.25) is 4.79 Å². The first kappa shape index (κ1) is 12.4. The van der Waals surface area contributed by atoms with Gasteiger partial charge in [0.15, 0.2) is 11.9 Å². The average Bonchev–Trinajstić information content (AvgIpc) is 2.48. The van der Waals surface area contributed by atoms with E-state index in [2.05, 4.69) is 0 Å². The molecule has 0 spiro atoms. The minimum absolute atomic E-state index is 0.0358. The third-order valence-electron chi connectivity index (χ3n) is 3.26. The maximum absolute atomic E-state index is 12.5. The van der Waals surface area contributed by atoms with Crippen LogP contribution in [0, 0.1) is 5.21 Å². The lowest BCUT2D eigenvalue weighted by Gasteiger charge is -2.18. The average molecular weight is 267 g/mol. The molecule has 1 aliphatic heterocycles. The number of nitrogens with zero attached hydrogens (tertiary/aromatic N) is 1. The van der Waals surface area contributed by atoms with Gasteiger partial charge in [0.05, 0.1) is 12.7 Å². The Bertz CT molecular complexity index is 665. The molecule has 4 heteroatoms. The van der Waals surface area contributed by atoms with Crippen molar-refractivity contribution < 1.29 is 14.3 Å². The van der Waals surface area contributed by atoms with Crippen LogP contribution in [0.15, 0.2) is 60.9 Å². The first-order chi connectivity index (χ1) is 9.75. The first-order valence-corrected chi connectivity index (χ1v) is 6.38. The Kier molecular flexibility index (Phi) is 3.21. The summed E-state index contributed by atoms with van der Waals surface area (Å²) in [6.07, 6.45) is 2.41. The van der Waals surface area contributed by atoms with Crippen molar-refractivity contribution >= 4 is 5.78 Å². The van der Waals surface area contributed by atoms with Crippen molar-refractivity contribution in [2.24, 2.45) is 0 Å². The number of hydrogen-bond donors (Lipinski definition) is 0. The molecule has 2 heterocycles. The van der Waals surface area contributed by atoms with Gasteiger partial charge in [-0.1, -0.05) is 18.2 Å². The van der Waals surface area contributed by atoms with Gasteiger partial charge < -0.3 is 9.94 Å². The zero-order valence-electron chi connectivity index (χ0n) is 10.7. The van der Waals surface area contributed by atoms with Gasteiger partial charge in [-0.05, 0) is 18.2 Å². The number of rotatable bonds is 2. The fourth-order valence-electron chi connectivity index (χ4n) is 2.26. The number of hydrogen-bond acceptors (Lipinski definition) is 3. The fraction of sp³-hybridized carbons (Fsp3) is 0.125. The van der Waals surface area contributed by atoms with Crippen molar-refractivity contribution in [1.29, 1.82) is 0 Å². The van der Waals surface area contributed by atoms with Crippen molar-refractivity contribution in [3.63, 3.8) is 0 Å². The van der Waals surface area contributed by atoms with Crippen LogP contribution in [0.4, 0.5) is 0 Å². The van der Waals surface area contributed by atoms with Crippen LogP contribution in [0.25, 0.3) is 11.3 Å². The van der Waals surface area contributed by atoms with Crippen molar-refractivity contribution in [1.82, 2.24) is 0 Å². The number of benzene rings is 1. The molecular formula is C16H13NO3. The molecule has 0 unspecified atom stereocenters. The molecule has 0 saturated carbocycles. The molecule has 2 aromatic rings. The molecule has 0 N–H and O–H groups in total. The van der Waals surface area contributed by atoms with E-state index in [1.54, 1.807) is 18.2 Å². The zero-order valence-corrected chi connectivity index (χ0v) is 10.7. The summed E-state index contributed by atoms with van der Waals surface area (Å²) in [4.78, 5) is 11.4. The van der Waals surface area contributed by atoms with Crippen molar-refractivity contribution in [3.8, 4) is 11.3 Å². The largest absolute Gasteiger partial charge is 0.618 e. The Morgan fingerprint density at radius 1 is 1.10 bits per heavy atom. The number of ether oxygens (including phenoxy) is 1. The molecule has 0 saturated heterocycles. The standard InChI is InChI=1S/C16H13NO3/c18-13-9-10-20-16(11-13)15-8-4-7-14(17(15)19)12-5-2-1-3-6-12/h1-10,16H,11H2/t16-/m0/s1. The number of pyridine rings is 1. The Hall–Kier alpha value is -2.62. The summed E-state index contributed by atoms with van der Waals surface area (Å²) in [7, 11) is 0. The smallest absolute Gasteiger partial charge is 0.234 e. The number of carbonyl (C=O) groups excluding carboxylic acids is 1. The molecule has 1 aromatic carbocycles. The van der Waals surface area contributed by atoms with Crippen LogP contribution in [-0.4, -0.2) is 5.78 Å². The van der Waals surface area contributed by atoms with Gasteiger partial charge in [0.25, 0.3) is 0 Å². The quantitative estimate of drug-likeness (QED) is 0.620. The molecule has 1 aliphatic rings. The van der Waals surface area contributed by atoms with Crippen LogP contribution < -0.4 is 4.73 Å². The molecule has 4 nitrogen and oxygen atoms in total. The fourth-order valence-corrected chi connectivity index (χ4v) is 2.26.